The zero-order valence-corrected chi connectivity index (χ0v) is 10.8. The fourth-order valence-electron chi connectivity index (χ4n) is 2.32. The molecule has 0 radical (unpaired) electrons. The highest BCUT2D eigenvalue weighted by Gasteiger charge is 2.26. The van der Waals surface area contributed by atoms with Crippen LogP contribution in [0.15, 0.2) is 34.9 Å². The van der Waals surface area contributed by atoms with Crippen molar-refractivity contribution in [2.45, 2.75) is 18.8 Å². The molecular weight excluding hydrogens is 241 g/mol. The molecule has 3 rings (SSSR count). The van der Waals surface area contributed by atoms with Crippen LogP contribution in [0.1, 0.15) is 35.6 Å². The lowest BCUT2D eigenvalue weighted by Gasteiger charge is -2.10. The molecule has 0 bridgehead atoms. The van der Waals surface area contributed by atoms with E-state index in [0.717, 1.165) is 12.0 Å². The second-order valence-corrected chi connectivity index (χ2v) is 4.83. The van der Waals surface area contributed by atoms with Gasteiger partial charge in [0, 0.05) is 24.4 Å². The summed E-state index contributed by atoms with van der Waals surface area (Å²) in [4.78, 5) is 0. The van der Waals surface area contributed by atoms with Gasteiger partial charge in [0.25, 0.3) is 0 Å². The Bertz CT molecular complexity index is 611. The highest BCUT2D eigenvalue weighted by molar-refractivity contribution is 5.78. The maximum absolute atomic E-state index is 12.9. The van der Waals surface area contributed by atoms with Gasteiger partial charge >= 0.3 is 0 Å². The Kier molecular flexibility index (Phi) is 3.11. The minimum absolute atomic E-state index is 0.344. The van der Waals surface area contributed by atoms with Gasteiger partial charge in [-0.1, -0.05) is 12.1 Å². The molecule has 0 amide bonds. The number of halogens is 1. The van der Waals surface area contributed by atoms with Crippen molar-refractivity contribution in [1.29, 1.82) is 0 Å². The van der Waals surface area contributed by atoms with E-state index in [1.54, 1.807) is 0 Å². The van der Waals surface area contributed by atoms with Gasteiger partial charge in [-0.05, 0) is 42.5 Å². The lowest BCUT2D eigenvalue weighted by atomic mass is 10.0. The average molecular weight is 257 g/mol. The molecule has 1 aliphatic carbocycles. The van der Waals surface area contributed by atoms with Gasteiger partial charge in [0.2, 0.25) is 0 Å². The zero-order chi connectivity index (χ0) is 13.2. The summed E-state index contributed by atoms with van der Waals surface area (Å²) < 4.78 is 18.0. The van der Waals surface area contributed by atoms with Crippen molar-refractivity contribution in [3.63, 3.8) is 0 Å². The predicted molar refractivity (Wildman–Crippen MR) is 75.6 cm³/mol. The minimum Gasteiger partial charge on any atom is -0.462 e. The van der Waals surface area contributed by atoms with E-state index in [-0.39, 0.29) is 5.82 Å². The van der Waals surface area contributed by atoms with Crippen LogP contribution in [-0.2, 0) is 0 Å². The Morgan fingerprint density at radius 3 is 2.79 bits per heavy atom. The Hall–Kier alpha value is -2.03. The molecule has 2 nitrogen and oxygen atoms in total. The number of hydrogen-bond acceptors (Lipinski definition) is 2. The van der Waals surface area contributed by atoms with E-state index in [1.165, 1.54) is 30.0 Å². The van der Waals surface area contributed by atoms with Gasteiger partial charge in [-0.3, -0.25) is 0 Å². The Labute approximate surface area is 111 Å². The van der Waals surface area contributed by atoms with Crippen LogP contribution in [0.25, 0.3) is 12.2 Å². The van der Waals surface area contributed by atoms with Crippen LogP contribution in [0.4, 0.5) is 10.1 Å². The first kappa shape index (κ1) is 12.0. The first-order valence-corrected chi connectivity index (χ1v) is 6.50. The number of rotatable bonds is 4. The van der Waals surface area contributed by atoms with E-state index in [9.17, 15) is 4.39 Å². The second kappa shape index (κ2) is 4.92. The van der Waals surface area contributed by atoms with E-state index in [2.05, 4.69) is 17.4 Å². The molecule has 0 spiro atoms. The summed E-state index contributed by atoms with van der Waals surface area (Å²) in [5.41, 5.74) is 3.62. The molecule has 0 unspecified atom stereocenters. The van der Waals surface area contributed by atoms with Gasteiger partial charge in [-0.15, -0.1) is 0 Å². The third-order valence-corrected chi connectivity index (χ3v) is 3.43. The van der Waals surface area contributed by atoms with Crippen molar-refractivity contribution < 1.29 is 8.81 Å². The molecular formula is C16H16FNO. The normalized spacial score (nSPS) is 15.1. The SMILES string of the molecule is CNc1cccc(C2CC2)c1/C=C/c1cc(F)co1. The van der Waals surface area contributed by atoms with Gasteiger partial charge in [0.15, 0.2) is 5.82 Å². The molecule has 1 saturated carbocycles. The average Bonchev–Trinajstić information content (AvgIpc) is 3.19. The van der Waals surface area contributed by atoms with Gasteiger partial charge in [-0.2, -0.15) is 0 Å². The summed E-state index contributed by atoms with van der Waals surface area (Å²) in [6, 6.07) is 7.67. The summed E-state index contributed by atoms with van der Waals surface area (Å²) in [7, 11) is 1.91. The van der Waals surface area contributed by atoms with E-state index < -0.39 is 0 Å². The molecule has 1 heterocycles. The van der Waals surface area contributed by atoms with Crippen molar-refractivity contribution in [3.8, 4) is 0 Å². The topological polar surface area (TPSA) is 25.2 Å². The molecule has 1 aromatic heterocycles. The molecule has 1 aliphatic rings. The van der Waals surface area contributed by atoms with Crippen molar-refractivity contribution in [3.05, 3.63) is 53.2 Å². The van der Waals surface area contributed by atoms with Crippen molar-refractivity contribution in [2.24, 2.45) is 0 Å². The highest BCUT2D eigenvalue weighted by atomic mass is 19.1. The lowest BCUT2D eigenvalue weighted by molar-refractivity contribution is 0.526. The number of benzene rings is 1. The van der Waals surface area contributed by atoms with Crippen LogP contribution in [0.3, 0.4) is 0 Å². The maximum atomic E-state index is 12.9. The van der Waals surface area contributed by atoms with E-state index in [0.29, 0.717) is 11.7 Å². The highest BCUT2D eigenvalue weighted by Crippen LogP contribution is 2.43. The Balaban J connectivity index is 1.96. The summed E-state index contributed by atoms with van der Waals surface area (Å²) in [5, 5.41) is 3.20. The fourth-order valence-corrected chi connectivity index (χ4v) is 2.32. The lowest BCUT2D eigenvalue weighted by Crippen LogP contribution is -1.95. The molecule has 2 aromatic rings. The van der Waals surface area contributed by atoms with Crippen molar-refractivity contribution in [1.82, 2.24) is 0 Å². The van der Waals surface area contributed by atoms with Crippen LogP contribution in [-0.4, -0.2) is 7.05 Å². The zero-order valence-electron chi connectivity index (χ0n) is 10.8. The van der Waals surface area contributed by atoms with E-state index >= 15 is 0 Å². The summed E-state index contributed by atoms with van der Waals surface area (Å²) >= 11 is 0. The third-order valence-electron chi connectivity index (χ3n) is 3.43. The van der Waals surface area contributed by atoms with Crippen LogP contribution >= 0.6 is 0 Å². The molecule has 3 heteroatoms. The molecule has 98 valence electrons. The van der Waals surface area contributed by atoms with Gasteiger partial charge in [-0.25, -0.2) is 4.39 Å². The molecule has 1 N–H and O–H groups in total. The van der Waals surface area contributed by atoms with E-state index in [1.807, 2.05) is 25.3 Å². The largest absolute Gasteiger partial charge is 0.462 e. The van der Waals surface area contributed by atoms with Gasteiger partial charge in [0.05, 0.1) is 0 Å². The summed E-state index contributed by atoms with van der Waals surface area (Å²) in [6.45, 7) is 0. The summed E-state index contributed by atoms with van der Waals surface area (Å²) in [5.74, 6) is 0.857. The van der Waals surface area contributed by atoms with Crippen molar-refractivity contribution >= 4 is 17.8 Å². The Morgan fingerprint density at radius 2 is 2.16 bits per heavy atom. The van der Waals surface area contributed by atoms with Crippen molar-refractivity contribution in [2.75, 3.05) is 12.4 Å². The number of nitrogens with one attached hydrogen (secondary N) is 1. The van der Waals surface area contributed by atoms with Gasteiger partial charge < -0.3 is 9.73 Å². The minimum atomic E-state index is -0.344. The summed E-state index contributed by atoms with van der Waals surface area (Å²) in [6.07, 6.45) is 7.43. The van der Waals surface area contributed by atoms with E-state index in [4.69, 9.17) is 4.42 Å². The maximum Gasteiger partial charge on any atom is 0.161 e. The smallest absolute Gasteiger partial charge is 0.161 e. The molecule has 1 aromatic carbocycles. The van der Waals surface area contributed by atoms with Crippen LogP contribution in [0, 0.1) is 5.82 Å². The van der Waals surface area contributed by atoms with Crippen LogP contribution in [0.5, 0.6) is 0 Å². The first-order valence-electron chi connectivity index (χ1n) is 6.50. The predicted octanol–water partition coefficient (Wildman–Crippen LogP) is 4.51. The van der Waals surface area contributed by atoms with Crippen LogP contribution in [0.2, 0.25) is 0 Å². The fraction of sp³-hybridized carbons (Fsp3) is 0.250. The number of furan rings is 1. The second-order valence-electron chi connectivity index (χ2n) is 4.83. The third kappa shape index (κ3) is 2.55. The first-order chi connectivity index (χ1) is 9.28. The number of hydrogen-bond donors (Lipinski definition) is 1. The molecule has 19 heavy (non-hydrogen) atoms. The van der Waals surface area contributed by atoms with Gasteiger partial charge in [0.1, 0.15) is 12.0 Å². The standard InChI is InChI=1S/C16H16FNO/c1-18-16-4-2-3-14(11-5-6-11)15(16)8-7-13-9-12(17)10-19-13/h2-4,7-11,18H,5-6H2,1H3/b8-7+. The monoisotopic (exact) mass is 257 g/mol. The quantitative estimate of drug-likeness (QED) is 0.871. The Morgan fingerprint density at radius 1 is 1.32 bits per heavy atom. The van der Waals surface area contributed by atoms with Crippen LogP contribution < -0.4 is 5.32 Å². The molecule has 1 fully saturated rings. The molecule has 0 aliphatic heterocycles. The number of anilines is 1. The molecule has 0 saturated heterocycles. The molecule has 0 atom stereocenters.